The summed E-state index contributed by atoms with van der Waals surface area (Å²) in [4.78, 5) is 26.9. The van der Waals surface area contributed by atoms with Gasteiger partial charge in [0.2, 0.25) is 0 Å². The van der Waals surface area contributed by atoms with Crippen molar-refractivity contribution in [2.75, 3.05) is 5.32 Å². The van der Waals surface area contributed by atoms with Gasteiger partial charge in [-0.05, 0) is 40.2 Å². The van der Waals surface area contributed by atoms with Crippen molar-refractivity contribution >= 4 is 27.5 Å². The van der Waals surface area contributed by atoms with Gasteiger partial charge in [0.25, 0.3) is 11.5 Å². The predicted molar refractivity (Wildman–Crippen MR) is 96.4 cm³/mol. The molecule has 140 valence electrons. The number of hydrogen-bond donors (Lipinski definition) is 2. The number of alkyl halides is 3. The Labute approximate surface area is 159 Å². The van der Waals surface area contributed by atoms with Gasteiger partial charge >= 0.3 is 6.18 Å². The van der Waals surface area contributed by atoms with Gasteiger partial charge < -0.3 is 10.3 Å². The molecule has 0 fully saturated rings. The van der Waals surface area contributed by atoms with Gasteiger partial charge in [-0.25, -0.2) is 0 Å². The fourth-order valence-corrected chi connectivity index (χ4v) is 3.05. The SMILES string of the molecule is Cn1ncc(Br)c1-c1cc(NC(=O)c2cccc(C(F)(F)F)c2)c[nH]c1=O. The highest BCUT2D eigenvalue weighted by atomic mass is 79.9. The van der Waals surface area contributed by atoms with E-state index < -0.39 is 23.2 Å². The van der Waals surface area contributed by atoms with E-state index in [0.717, 1.165) is 18.2 Å². The summed E-state index contributed by atoms with van der Waals surface area (Å²) in [5, 5.41) is 6.51. The monoisotopic (exact) mass is 440 g/mol. The summed E-state index contributed by atoms with van der Waals surface area (Å²) in [6.45, 7) is 0. The lowest BCUT2D eigenvalue weighted by Gasteiger charge is -2.10. The minimum atomic E-state index is -4.55. The molecule has 0 aliphatic carbocycles. The number of carbonyl (C=O) groups is 1. The Morgan fingerprint density at radius 1 is 1.30 bits per heavy atom. The smallest absolute Gasteiger partial charge is 0.326 e. The van der Waals surface area contributed by atoms with E-state index in [1.807, 2.05) is 0 Å². The second kappa shape index (κ2) is 7.03. The van der Waals surface area contributed by atoms with E-state index >= 15 is 0 Å². The van der Waals surface area contributed by atoms with Crippen LogP contribution in [-0.2, 0) is 13.2 Å². The maximum absolute atomic E-state index is 12.8. The summed E-state index contributed by atoms with van der Waals surface area (Å²) in [6.07, 6.45) is -1.77. The van der Waals surface area contributed by atoms with Crippen LogP contribution in [0.3, 0.4) is 0 Å². The number of nitrogens with zero attached hydrogens (tertiary/aromatic N) is 2. The van der Waals surface area contributed by atoms with Gasteiger partial charge in [-0.1, -0.05) is 6.07 Å². The van der Waals surface area contributed by atoms with Crippen molar-refractivity contribution in [3.05, 3.63) is 68.7 Å². The molecular weight excluding hydrogens is 429 g/mol. The van der Waals surface area contributed by atoms with Crippen LogP contribution in [0.2, 0.25) is 0 Å². The first-order valence-corrected chi connectivity index (χ1v) is 8.35. The summed E-state index contributed by atoms with van der Waals surface area (Å²) in [7, 11) is 1.65. The topological polar surface area (TPSA) is 79.8 Å². The number of aromatic nitrogens is 3. The minimum absolute atomic E-state index is 0.153. The van der Waals surface area contributed by atoms with Gasteiger partial charge in [0, 0.05) is 18.8 Å². The van der Waals surface area contributed by atoms with Crippen LogP contribution in [0.25, 0.3) is 11.3 Å². The number of H-pyrrole nitrogens is 1. The highest BCUT2D eigenvalue weighted by Crippen LogP contribution is 2.30. The van der Waals surface area contributed by atoms with Gasteiger partial charge in [-0.2, -0.15) is 18.3 Å². The molecule has 3 rings (SSSR count). The number of aryl methyl sites for hydroxylation is 1. The summed E-state index contributed by atoms with van der Waals surface area (Å²) in [6, 6.07) is 5.50. The lowest BCUT2D eigenvalue weighted by atomic mass is 10.1. The molecule has 2 N–H and O–H groups in total. The fraction of sp³-hybridized carbons (Fsp3) is 0.118. The Balaban J connectivity index is 1.92. The summed E-state index contributed by atoms with van der Waals surface area (Å²) < 4.78 is 40.5. The predicted octanol–water partition coefficient (Wildman–Crippen LogP) is 3.81. The average molecular weight is 441 g/mol. The molecule has 2 heterocycles. The van der Waals surface area contributed by atoms with Crippen LogP contribution in [0.5, 0.6) is 0 Å². The first kappa shape index (κ1) is 18.9. The molecule has 0 aliphatic heterocycles. The Bertz CT molecular complexity index is 1050. The first-order chi connectivity index (χ1) is 12.7. The highest BCUT2D eigenvalue weighted by Gasteiger charge is 2.30. The van der Waals surface area contributed by atoms with Crippen molar-refractivity contribution in [3.63, 3.8) is 0 Å². The zero-order chi connectivity index (χ0) is 19.8. The normalized spacial score (nSPS) is 11.4. The van der Waals surface area contributed by atoms with Crippen molar-refractivity contribution in [1.29, 1.82) is 0 Å². The number of pyridine rings is 1. The number of rotatable bonds is 3. The molecule has 0 spiro atoms. The van der Waals surface area contributed by atoms with E-state index in [2.05, 4.69) is 31.3 Å². The maximum atomic E-state index is 12.8. The molecule has 0 saturated carbocycles. The zero-order valence-electron chi connectivity index (χ0n) is 13.8. The van der Waals surface area contributed by atoms with Crippen LogP contribution in [0.15, 0.2) is 52.0 Å². The summed E-state index contributed by atoms with van der Waals surface area (Å²) in [5.74, 6) is -0.733. The van der Waals surface area contributed by atoms with Crippen LogP contribution in [0, 0.1) is 0 Å². The minimum Gasteiger partial charge on any atom is -0.326 e. The molecule has 0 radical (unpaired) electrons. The Hall–Kier alpha value is -2.88. The lowest BCUT2D eigenvalue weighted by molar-refractivity contribution is -0.137. The molecule has 2 aromatic heterocycles. The fourth-order valence-electron chi connectivity index (χ4n) is 2.49. The van der Waals surface area contributed by atoms with Gasteiger partial charge in [0.05, 0.1) is 33.2 Å². The number of hydrogen-bond acceptors (Lipinski definition) is 3. The second-order valence-electron chi connectivity index (χ2n) is 5.63. The van der Waals surface area contributed by atoms with E-state index in [-0.39, 0.29) is 16.8 Å². The molecule has 10 heteroatoms. The maximum Gasteiger partial charge on any atom is 0.416 e. The Morgan fingerprint density at radius 2 is 2.04 bits per heavy atom. The van der Waals surface area contributed by atoms with E-state index in [9.17, 15) is 22.8 Å². The molecule has 1 aromatic carbocycles. The second-order valence-corrected chi connectivity index (χ2v) is 6.48. The van der Waals surface area contributed by atoms with Crippen molar-refractivity contribution in [2.24, 2.45) is 7.05 Å². The highest BCUT2D eigenvalue weighted by molar-refractivity contribution is 9.10. The standard InChI is InChI=1S/C17H12BrF3N4O2/c1-25-14(13(18)8-23-25)12-6-11(7-22-16(12)27)24-15(26)9-3-2-4-10(5-9)17(19,20)21/h2-8H,1H3,(H,22,27)(H,24,26). The third-order valence-corrected chi connectivity index (χ3v) is 4.34. The quantitative estimate of drug-likeness (QED) is 0.649. The lowest BCUT2D eigenvalue weighted by Crippen LogP contribution is -2.16. The van der Waals surface area contributed by atoms with Crippen LogP contribution in [0.1, 0.15) is 15.9 Å². The van der Waals surface area contributed by atoms with E-state index in [1.165, 1.54) is 29.2 Å². The number of halogens is 4. The summed E-state index contributed by atoms with van der Waals surface area (Å²) >= 11 is 3.30. The van der Waals surface area contributed by atoms with E-state index in [1.54, 1.807) is 7.05 Å². The van der Waals surface area contributed by atoms with Crippen molar-refractivity contribution in [3.8, 4) is 11.3 Å². The number of amides is 1. The van der Waals surface area contributed by atoms with E-state index in [4.69, 9.17) is 0 Å². The van der Waals surface area contributed by atoms with Gasteiger partial charge in [0.15, 0.2) is 0 Å². The number of benzene rings is 1. The number of nitrogens with one attached hydrogen (secondary N) is 2. The zero-order valence-corrected chi connectivity index (χ0v) is 15.4. The largest absolute Gasteiger partial charge is 0.416 e. The number of aromatic amines is 1. The number of anilines is 1. The molecular formula is C17H12BrF3N4O2. The van der Waals surface area contributed by atoms with Crippen molar-refractivity contribution < 1.29 is 18.0 Å². The van der Waals surface area contributed by atoms with Crippen LogP contribution < -0.4 is 10.9 Å². The number of carbonyl (C=O) groups excluding carboxylic acids is 1. The van der Waals surface area contributed by atoms with Crippen LogP contribution in [-0.4, -0.2) is 20.7 Å². The molecule has 1 amide bonds. The first-order valence-electron chi connectivity index (χ1n) is 7.56. The Kier molecular flexibility index (Phi) is 4.92. The molecule has 0 atom stereocenters. The van der Waals surface area contributed by atoms with Crippen LogP contribution >= 0.6 is 15.9 Å². The Morgan fingerprint density at radius 3 is 2.67 bits per heavy atom. The van der Waals surface area contributed by atoms with Crippen LogP contribution in [0.4, 0.5) is 18.9 Å². The molecule has 0 saturated heterocycles. The van der Waals surface area contributed by atoms with Crippen molar-refractivity contribution in [2.45, 2.75) is 6.18 Å². The van der Waals surface area contributed by atoms with Gasteiger partial charge in [-0.3, -0.25) is 14.3 Å². The molecule has 27 heavy (non-hydrogen) atoms. The molecule has 6 nitrogen and oxygen atoms in total. The third kappa shape index (κ3) is 3.95. The van der Waals surface area contributed by atoms with E-state index in [0.29, 0.717) is 10.2 Å². The summed E-state index contributed by atoms with van der Waals surface area (Å²) in [5.41, 5.74) is -0.526. The molecule has 0 aliphatic rings. The van der Waals surface area contributed by atoms with Gasteiger partial charge in [-0.15, -0.1) is 0 Å². The molecule has 3 aromatic rings. The van der Waals surface area contributed by atoms with Gasteiger partial charge in [0.1, 0.15) is 0 Å². The molecule has 0 unspecified atom stereocenters. The van der Waals surface area contributed by atoms with Crippen molar-refractivity contribution in [1.82, 2.24) is 14.8 Å². The average Bonchev–Trinajstić information content (AvgIpc) is 2.94. The molecule has 0 bridgehead atoms. The third-order valence-electron chi connectivity index (χ3n) is 3.76.